The Bertz CT molecular complexity index is 917. The minimum absolute atomic E-state index is 0.153. The first kappa shape index (κ1) is 16.3. The Hall–Kier alpha value is -2.59. The zero-order valence-corrected chi connectivity index (χ0v) is 14.2. The highest BCUT2D eigenvalue weighted by Crippen LogP contribution is 2.28. The zero-order valence-electron chi connectivity index (χ0n) is 13.5. The quantitative estimate of drug-likeness (QED) is 0.722. The number of methoxy groups -OCH3 is 1. The molecule has 0 fully saturated rings. The van der Waals surface area contributed by atoms with E-state index in [0.29, 0.717) is 17.3 Å². The lowest BCUT2D eigenvalue weighted by molar-refractivity contribution is 0.416. The lowest BCUT2D eigenvalue weighted by Gasteiger charge is -2.11. The normalized spacial score (nSPS) is 10.6. The van der Waals surface area contributed by atoms with Crippen molar-refractivity contribution < 1.29 is 4.74 Å². The molecule has 0 saturated carbocycles. The lowest BCUT2D eigenvalue weighted by Crippen LogP contribution is -2.22. The third-order valence-corrected chi connectivity index (χ3v) is 4.00. The minimum atomic E-state index is -0.153. The number of benzene rings is 2. The van der Waals surface area contributed by atoms with Gasteiger partial charge in [0.2, 0.25) is 0 Å². The minimum Gasteiger partial charge on any atom is -0.496 e. The van der Waals surface area contributed by atoms with Crippen LogP contribution in [0.15, 0.2) is 59.4 Å². The molecule has 0 N–H and O–H groups in total. The highest BCUT2D eigenvalue weighted by atomic mass is 35.5. The van der Waals surface area contributed by atoms with E-state index in [1.165, 1.54) is 10.7 Å². The van der Waals surface area contributed by atoms with Crippen LogP contribution in [0.5, 0.6) is 5.75 Å². The molecule has 3 aromatic rings. The fourth-order valence-corrected chi connectivity index (χ4v) is 2.60. The first-order chi connectivity index (χ1) is 11.6. The molecule has 0 bridgehead atoms. The van der Waals surface area contributed by atoms with Crippen molar-refractivity contribution in [3.8, 4) is 17.0 Å². The summed E-state index contributed by atoms with van der Waals surface area (Å²) in [6.45, 7) is 2.39. The maximum Gasteiger partial charge on any atom is 0.267 e. The van der Waals surface area contributed by atoms with Crippen LogP contribution in [0.1, 0.15) is 11.1 Å². The highest BCUT2D eigenvalue weighted by Gasteiger charge is 2.10. The van der Waals surface area contributed by atoms with Gasteiger partial charge in [0.25, 0.3) is 5.56 Å². The van der Waals surface area contributed by atoms with Crippen molar-refractivity contribution >= 4 is 11.6 Å². The number of hydrogen-bond donors (Lipinski definition) is 0. The fraction of sp³-hybridized carbons (Fsp3) is 0.158. The highest BCUT2D eigenvalue weighted by molar-refractivity contribution is 6.30. The van der Waals surface area contributed by atoms with Crippen LogP contribution in [-0.4, -0.2) is 16.9 Å². The van der Waals surface area contributed by atoms with Gasteiger partial charge in [0.1, 0.15) is 5.75 Å². The summed E-state index contributed by atoms with van der Waals surface area (Å²) in [6.07, 6.45) is 0. The third-order valence-electron chi connectivity index (χ3n) is 3.75. The first-order valence-electron chi connectivity index (χ1n) is 7.54. The summed E-state index contributed by atoms with van der Waals surface area (Å²) in [4.78, 5) is 12.1. The van der Waals surface area contributed by atoms with E-state index in [2.05, 4.69) is 5.10 Å². The molecular formula is C19H17ClN2O2. The number of halogens is 1. The van der Waals surface area contributed by atoms with Gasteiger partial charge in [-0.05, 0) is 48.4 Å². The molecule has 122 valence electrons. The number of hydrogen-bond acceptors (Lipinski definition) is 3. The van der Waals surface area contributed by atoms with Crippen molar-refractivity contribution in [1.82, 2.24) is 9.78 Å². The summed E-state index contributed by atoms with van der Waals surface area (Å²) < 4.78 is 6.88. The van der Waals surface area contributed by atoms with Crippen LogP contribution in [0.2, 0.25) is 5.02 Å². The van der Waals surface area contributed by atoms with Crippen molar-refractivity contribution in [3.63, 3.8) is 0 Å². The van der Waals surface area contributed by atoms with Gasteiger partial charge < -0.3 is 4.74 Å². The van der Waals surface area contributed by atoms with Gasteiger partial charge in [0.05, 0.1) is 19.3 Å². The van der Waals surface area contributed by atoms with Crippen molar-refractivity contribution in [1.29, 1.82) is 0 Å². The fourth-order valence-electron chi connectivity index (χ4n) is 2.48. The monoisotopic (exact) mass is 340 g/mol. The second-order valence-electron chi connectivity index (χ2n) is 5.54. The van der Waals surface area contributed by atoms with Crippen LogP contribution >= 0.6 is 11.6 Å². The predicted octanol–water partition coefficient (Wildman–Crippen LogP) is 3.93. The molecule has 1 aromatic heterocycles. The van der Waals surface area contributed by atoms with Crippen LogP contribution in [0.25, 0.3) is 11.3 Å². The summed E-state index contributed by atoms with van der Waals surface area (Å²) in [5.41, 5.74) is 3.46. The van der Waals surface area contributed by atoms with Crippen LogP contribution in [-0.2, 0) is 6.54 Å². The molecule has 0 unspecified atom stereocenters. The van der Waals surface area contributed by atoms with Gasteiger partial charge in [-0.15, -0.1) is 0 Å². The SMILES string of the molecule is COc1cc(C)ccc1-c1ccc(=O)n(Cc2ccc(Cl)cc2)n1. The van der Waals surface area contributed by atoms with Crippen molar-refractivity contribution in [2.24, 2.45) is 0 Å². The number of aryl methyl sites for hydroxylation is 1. The van der Waals surface area contributed by atoms with Gasteiger partial charge in [-0.3, -0.25) is 4.79 Å². The van der Waals surface area contributed by atoms with E-state index in [1.54, 1.807) is 25.3 Å². The lowest BCUT2D eigenvalue weighted by atomic mass is 10.1. The van der Waals surface area contributed by atoms with E-state index < -0.39 is 0 Å². The van der Waals surface area contributed by atoms with E-state index >= 15 is 0 Å². The molecule has 0 aliphatic rings. The smallest absolute Gasteiger partial charge is 0.267 e. The van der Waals surface area contributed by atoms with Gasteiger partial charge in [-0.2, -0.15) is 5.10 Å². The second kappa shape index (κ2) is 6.89. The number of ether oxygens (including phenoxy) is 1. The standard InChI is InChI=1S/C19H17ClN2O2/c1-13-3-8-16(18(11-13)24-2)17-9-10-19(23)22(21-17)12-14-4-6-15(20)7-5-14/h3-11H,12H2,1-2H3. The summed E-state index contributed by atoms with van der Waals surface area (Å²) >= 11 is 5.90. The molecule has 4 nitrogen and oxygen atoms in total. The van der Waals surface area contributed by atoms with Gasteiger partial charge in [-0.1, -0.05) is 29.8 Å². The average Bonchev–Trinajstić information content (AvgIpc) is 2.59. The molecule has 0 amide bonds. The molecule has 5 heteroatoms. The first-order valence-corrected chi connectivity index (χ1v) is 7.92. The Morgan fingerprint density at radius 3 is 2.54 bits per heavy atom. The van der Waals surface area contributed by atoms with Crippen LogP contribution in [0, 0.1) is 6.92 Å². The van der Waals surface area contributed by atoms with Gasteiger partial charge >= 0.3 is 0 Å². The van der Waals surface area contributed by atoms with E-state index in [4.69, 9.17) is 16.3 Å². The predicted molar refractivity (Wildman–Crippen MR) is 95.8 cm³/mol. The molecule has 0 atom stereocenters. The Labute approximate surface area is 145 Å². The summed E-state index contributed by atoms with van der Waals surface area (Å²) in [5, 5.41) is 5.15. The molecule has 2 aromatic carbocycles. The molecule has 0 aliphatic carbocycles. The Balaban J connectivity index is 2.00. The van der Waals surface area contributed by atoms with Crippen molar-refractivity contribution in [2.45, 2.75) is 13.5 Å². The van der Waals surface area contributed by atoms with E-state index in [9.17, 15) is 4.79 Å². The Morgan fingerprint density at radius 2 is 1.83 bits per heavy atom. The number of aromatic nitrogens is 2. The van der Waals surface area contributed by atoms with Gasteiger partial charge in [-0.25, -0.2) is 4.68 Å². The van der Waals surface area contributed by atoms with E-state index in [1.807, 2.05) is 37.3 Å². The van der Waals surface area contributed by atoms with E-state index in [0.717, 1.165) is 22.4 Å². The maximum atomic E-state index is 12.1. The molecular weight excluding hydrogens is 324 g/mol. The molecule has 1 heterocycles. The zero-order chi connectivity index (χ0) is 17.1. The Morgan fingerprint density at radius 1 is 1.08 bits per heavy atom. The summed E-state index contributed by atoms with van der Waals surface area (Å²) in [7, 11) is 1.63. The second-order valence-corrected chi connectivity index (χ2v) is 5.98. The van der Waals surface area contributed by atoms with Crippen molar-refractivity contribution in [2.75, 3.05) is 7.11 Å². The number of rotatable bonds is 4. The maximum absolute atomic E-state index is 12.1. The van der Waals surface area contributed by atoms with E-state index in [-0.39, 0.29) is 5.56 Å². The molecule has 0 spiro atoms. The largest absolute Gasteiger partial charge is 0.496 e. The Kier molecular flexibility index (Phi) is 4.67. The van der Waals surface area contributed by atoms with Gasteiger partial charge in [0.15, 0.2) is 0 Å². The van der Waals surface area contributed by atoms with Crippen LogP contribution in [0.3, 0.4) is 0 Å². The number of nitrogens with zero attached hydrogens (tertiary/aromatic N) is 2. The summed E-state index contributed by atoms with van der Waals surface area (Å²) in [6, 6.07) is 16.5. The van der Waals surface area contributed by atoms with Crippen molar-refractivity contribution in [3.05, 3.63) is 81.1 Å². The van der Waals surface area contributed by atoms with Crippen LogP contribution < -0.4 is 10.3 Å². The average molecular weight is 341 g/mol. The molecule has 24 heavy (non-hydrogen) atoms. The third kappa shape index (κ3) is 3.49. The molecule has 0 aliphatic heterocycles. The van der Waals surface area contributed by atoms with Gasteiger partial charge in [0, 0.05) is 16.7 Å². The summed E-state index contributed by atoms with van der Waals surface area (Å²) in [5.74, 6) is 0.735. The van der Waals surface area contributed by atoms with Crippen LogP contribution in [0.4, 0.5) is 0 Å². The topological polar surface area (TPSA) is 44.1 Å². The molecule has 0 radical (unpaired) electrons. The molecule has 3 rings (SSSR count). The molecule has 0 saturated heterocycles.